The smallest absolute Gasteiger partial charge is 0.236 e. The van der Waals surface area contributed by atoms with Crippen LogP contribution in [0.5, 0.6) is 0 Å². The van der Waals surface area contributed by atoms with Crippen molar-refractivity contribution in [2.24, 2.45) is 0 Å². The van der Waals surface area contributed by atoms with Crippen LogP contribution in [0.4, 0.5) is 0 Å². The highest BCUT2D eigenvalue weighted by atomic mass is 32.2. The van der Waals surface area contributed by atoms with Crippen LogP contribution in [0.2, 0.25) is 0 Å². The number of amides is 1. The Labute approximate surface area is 147 Å². The van der Waals surface area contributed by atoms with Crippen molar-refractivity contribution in [3.63, 3.8) is 0 Å². The fourth-order valence-electron chi connectivity index (χ4n) is 3.47. The van der Waals surface area contributed by atoms with Gasteiger partial charge in [0.25, 0.3) is 0 Å². The number of hydrogen-bond acceptors (Lipinski definition) is 8. The fraction of sp³-hybridized carbons (Fsp3) is 0.800. The lowest BCUT2D eigenvalue weighted by Gasteiger charge is -2.43. The van der Waals surface area contributed by atoms with Gasteiger partial charge in [-0.3, -0.25) is 14.6 Å². The SMILES string of the molecule is CCc1nnc(CN2CCN(CC(=O)N(C)C)[C@H]3CS(=O)(=O)C[C@H]32)o1. The Hall–Kier alpha value is -1.52. The van der Waals surface area contributed by atoms with Crippen molar-refractivity contribution >= 4 is 15.7 Å². The van der Waals surface area contributed by atoms with Gasteiger partial charge in [-0.2, -0.15) is 0 Å². The third-order valence-electron chi connectivity index (χ3n) is 4.89. The summed E-state index contributed by atoms with van der Waals surface area (Å²) in [4.78, 5) is 17.7. The molecule has 0 unspecified atom stereocenters. The fourth-order valence-corrected chi connectivity index (χ4v) is 5.52. The first kappa shape index (κ1) is 18.3. The first-order valence-corrected chi connectivity index (χ1v) is 10.3. The molecular formula is C15H25N5O4S. The number of fused-ring (bicyclic) bond motifs is 1. The summed E-state index contributed by atoms with van der Waals surface area (Å²) >= 11 is 0. The van der Waals surface area contributed by atoms with E-state index >= 15 is 0 Å². The van der Waals surface area contributed by atoms with Crippen LogP contribution in [0.3, 0.4) is 0 Å². The minimum absolute atomic E-state index is 0.0130. The van der Waals surface area contributed by atoms with Gasteiger partial charge in [-0.25, -0.2) is 8.42 Å². The zero-order chi connectivity index (χ0) is 18.2. The molecule has 1 aromatic rings. The van der Waals surface area contributed by atoms with Crippen LogP contribution in [0.15, 0.2) is 4.42 Å². The van der Waals surface area contributed by atoms with Gasteiger partial charge in [-0.15, -0.1) is 10.2 Å². The van der Waals surface area contributed by atoms with Crippen LogP contribution in [-0.2, 0) is 27.6 Å². The number of aryl methyl sites for hydroxylation is 1. The average molecular weight is 371 g/mol. The van der Waals surface area contributed by atoms with Crippen molar-refractivity contribution in [1.29, 1.82) is 0 Å². The maximum atomic E-state index is 12.2. The quantitative estimate of drug-likeness (QED) is 0.650. The number of rotatable bonds is 5. The van der Waals surface area contributed by atoms with Crippen LogP contribution in [0.25, 0.3) is 0 Å². The van der Waals surface area contributed by atoms with Gasteiger partial charge in [0.1, 0.15) is 0 Å². The van der Waals surface area contributed by atoms with Crippen molar-refractivity contribution in [2.75, 3.05) is 45.2 Å². The molecule has 0 N–H and O–H groups in total. The monoisotopic (exact) mass is 371 g/mol. The van der Waals surface area contributed by atoms with Gasteiger partial charge in [-0.05, 0) is 0 Å². The Balaban J connectivity index is 1.74. The standard InChI is InChI=1S/C15H25N5O4S/c1-4-13-16-17-14(24-13)7-19-5-6-20(8-15(21)18(2)3)12-10-25(22,23)9-11(12)19/h11-12H,4-10H2,1-3H3/t11-,12+/m1/s1. The summed E-state index contributed by atoms with van der Waals surface area (Å²) in [7, 11) is 0.304. The van der Waals surface area contributed by atoms with Gasteiger partial charge in [-0.1, -0.05) is 6.92 Å². The van der Waals surface area contributed by atoms with Crippen LogP contribution < -0.4 is 0 Å². The number of sulfone groups is 1. The van der Waals surface area contributed by atoms with E-state index in [0.29, 0.717) is 37.8 Å². The largest absolute Gasteiger partial charge is 0.424 e. The van der Waals surface area contributed by atoms with Crippen molar-refractivity contribution in [3.05, 3.63) is 11.8 Å². The highest BCUT2D eigenvalue weighted by Gasteiger charge is 2.47. The van der Waals surface area contributed by atoms with E-state index < -0.39 is 9.84 Å². The summed E-state index contributed by atoms with van der Waals surface area (Å²) in [6.45, 7) is 3.95. The molecule has 0 spiro atoms. The van der Waals surface area contributed by atoms with Gasteiger partial charge < -0.3 is 9.32 Å². The molecule has 0 saturated carbocycles. The van der Waals surface area contributed by atoms with E-state index in [1.54, 1.807) is 14.1 Å². The second-order valence-corrected chi connectivity index (χ2v) is 9.04. The van der Waals surface area contributed by atoms with Crippen LogP contribution in [0.1, 0.15) is 18.7 Å². The summed E-state index contributed by atoms with van der Waals surface area (Å²) in [6, 6.07) is -0.318. The Morgan fingerprint density at radius 1 is 1.16 bits per heavy atom. The maximum absolute atomic E-state index is 12.2. The summed E-state index contributed by atoms with van der Waals surface area (Å²) in [6.07, 6.45) is 0.674. The first-order valence-electron chi connectivity index (χ1n) is 8.49. The lowest BCUT2D eigenvalue weighted by atomic mass is 10.0. The lowest BCUT2D eigenvalue weighted by Crippen LogP contribution is -2.60. The molecule has 0 aromatic carbocycles. The molecule has 2 aliphatic rings. The van der Waals surface area contributed by atoms with Crippen LogP contribution in [-0.4, -0.2) is 96.5 Å². The zero-order valence-electron chi connectivity index (χ0n) is 14.9. The zero-order valence-corrected chi connectivity index (χ0v) is 15.7. The van der Waals surface area contributed by atoms with Crippen molar-refractivity contribution in [1.82, 2.24) is 24.9 Å². The maximum Gasteiger partial charge on any atom is 0.236 e. The van der Waals surface area contributed by atoms with Gasteiger partial charge >= 0.3 is 0 Å². The van der Waals surface area contributed by atoms with Crippen molar-refractivity contribution in [3.8, 4) is 0 Å². The molecule has 2 fully saturated rings. The molecule has 9 nitrogen and oxygen atoms in total. The van der Waals surface area contributed by atoms with Gasteiger partial charge in [0.2, 0.25) is 17.7 Å². The molecule has 140 valence electrons. The van der Waals surface area contributed by atoms with E-state index in [9.17, 15) is 13.2 Å². The summed E-state index contributed by atoms with van der Waals surface area (Å²) in [5, 5.41) is 8.01. The van der Waals surface area contributed by atoms with Crippen molar-refractivity contribution < 1.29 is 17.6 Å². The molecule has 3 heterocycles. The van der Waals surface area contributed by atoms with Gasteiger partial charge in [0.05, 0.1) is 24.6 Å². The molecule has 3 rings (SSSR count). The van der Waals surface area contributed by atoms with E-state index in [2.05, 4.69) is 15.1 Å². The van der Waals surface area contributed by atoms with Gasteiger partial charge in [0, 0.05) is 45.7 Å². The van der Waals surface area contributed by atoms with E-state index in [0.717, 1.165) is 0 Å². The number of aromatic nitrogens is 2. The third-order valence-corrected chi connectivity index (χ3v) is 6.59. The number of likely N-dealkylation sites (N-methyl/N-ethyl adjacent to an activating group) is 1. The highest BCUT2D eigenvalue weighted by Crippen LogP contribution is 2.28. The third kappa shape index (κ3) is 4.01. The molecule has 0 radical (unpaired) electrons. The topological polar surface area (TPSA) is 99.9 Å². The van der Waals surface area contributed by atoms with Crippen molar-refractivity contribution in [2.45, 2.75) is 32.0 Å². The summed E-state index contributed by atoms with van der Waals surface area (Å²) < 4.78 is 30.0. The Bertz CT molecular complexity index is 732. The Morgan fingerprint density at radius 2 is 1.76 bits per heavy atom. The van der Waals surface area contributed by atoms with E-state index in [4.69, 9.17) is 4.42 Å². The molecular weight excluding hydrogens is 346 g/mol. The summed E-state index contributed by atoms with van der Waals surface area (Å²) in [5.41, 5.74) is 0. The minimum atomic E-state index is -3.12. The molecule has 10 heteroatoms. The number of carbonyl (C=O) groups excluding carboxylic acids is 1. The normalized spacial score (nSPS) is 26.5. The van der Waals surface area contributed by atoms with Gasteiger partial charge in [0.15, 0.2) is 9.84 Å². The predicted molar refractivity (Wildman–Crippen MR) is 90.6 cm³/mol. The molecule has 1 amide bonds. The van der Waals surface area contributed by atoms with E-state index in [-0.39, 0.29) is 36.0 Å². The Morgan fingerprint density at radius 3 is 2.36 bits per heavy atom. The number of piperazine rings is 1. The predicted octanol–water partition coefficient (Wildman–Crippen LogP) is -0.997. The molecule has 2 saturated heterocycles. The minimum Gasteiger partial charge on any atom is -0.424 e. The molecule has 2 aliphatic heterocycles. The lowest BCUT2D eigenvalue weighted by molar-refractivity contribution is -0.131. The molecule has 2 atom stereocenters. The second-order valence-electron chi connectivity index (χ2n) is 6.88. The average Bonchev–Trinajstić information content (AvgIpc) is 3.12. The molecule has 0 bridgehead atoms. The van der Waals surface area contributed by atoms with Crippen LogP contribution >= 0.6 is 0 Å². The number of hydrogen-bond donors (Lipinski definition) is 0. The molecule has 1 aromatic heterocycles. The van der Waals surface area contributed by atoms with Crippen LogP contribution in [0, 0.1) is 0 Å². The Kier molecular flexibility index (Phi) is 5.12. The number of nitrogens with zero attached hydrogens (tertiary/aromatic N) is 5. The highest BCUT2D eigenvalue weighted by molar-refractivity contribution is 7.91. The molecule has 0 aliphatic carbocycles. The summed E-state index contributed by atoms with van der Waals surface area (Å²) in [5.74, 6) is 1.29. The van der Waals surface area contributed by atoms with E-state index in [1.807, 2.05) is 11.8 Å². The second kappa shape index (κ2) is 7.00. The molecule has 25 heavy (non-hydrogen) atoms. The van der Waals surface area contributed by atoms with E-state index in [1.165, 1.54) is 4.90 Å². The number of carbonyl (C=O) groups is 1. The first-order chi connectivity index (χ1) is 11.8.